The van der Waals surface area contributed by atoms with Gasteiger partial charge >= 0.3 is 5.97 Å². The van der Waals surface area contributed by atoms with Gasteiger partial charge in [-0.3, -0.25) is 0 Å². The number of carboxylic acids is 1. The third kappa shape index (κ3) is 6.62. The van der Waals surface area contributed by atoms with Crippen molar-refractivity contribution in [3.8, 4) is 0 Å². The van der Waals surface area contributed by atoms with Gasteiger partial charge in [0, 0.05) is 19.2 Å². The molecule has 4 heteroatoms. The van der Waals surface area contributed by atoms with Crippen molar-refractivity contribution in [2.75, 3.05) is 20.3 Å². The Morgan fingerprint density at radius 3 is 2.57 bits per heavy atom. The van der Waals surface area contributed by atoms with E-state index in [1.54, 1.807) is 7.11 Å². The Morgan fingerprint density at radius 1 is 1.64 bits per heavy atom. The van der Waals surface area contributed by atoms with Crippen LogP contribution in [0, 0.1) is 0 Å². The quantitative estimate of drug-likeness (QED) is 0.718. The molecule has 0 aromatic rings. The summed E-state index contributed by atoms with van der Waals surface area (Å²) >= 11 is 0. The highest BCUT2D eigenvalue weighted by molar-refractivity contribution is 5.86. The maximum absolute atomic E-state index is 10.3. The Morgan fingerprint density at radius 2 is 2.36 bits per heavy atom. The molecule has 1 rings (SSSR count). The van der Waals surface area contributed by atoms with E-state index in [-0.39, 0.29) is 0 Å². The highest BCUT2D eigenvalue weighted by Crippen LogP contribution is 2.16. The molecule has 0 unspecified atom stereocenters. The van der Waals surface area contributed by atoms with Crippen molar-refractivity contribution in [3.05, 3.63) is 11.6 Å². The average molecular weight is 201 g/mol. The molecule has 82 valence electrons. The van der Waals surface area contributed by atoms with Gasteiger partial charge in [0.25, 0.3) is 0 Å². The van der Waals surface area contributed by atoms with Crippen LogP contribution in [0.4, 0.5) is 0 Å². The minimum atomic E-state index is -0.741. The summed E-state index contributed by atoms with van der Waals surface area (Å²) in [4.78, 5) is 10.3. The van der Waals surface area contributed by atoms with Crippen molar-refractivity contribution in [2.45, 2.75) is 25.7 Å². The standard InChI is InChI=1S/C7H10O2.C3H9NO/c8-7(9)6-4-2-1-3-5-6;1-5-3-2-4/h4H,1-3,5H2,(H,8,9);2-4H2,1H3. The highest BCUT2D eigenvalue weighted by atomic mass is 16.5. The van der Waals surface area contributed by atoms with Gasteiger partial charge in [-0.1, -0.05) is 6.08 Å². The largest absolute Gasteiger partial charge is 0.478 e. The van der Waals surface area contributed by atoms with E-state index in [1.165, 1.54) is 0 Å². The molecule has 0 fully saturated rings. The van der Waals surface area contributed by atoms with Crippen LogP contribution < -0.4 is 5.73 Å². The number of carboxylic acid groups (broad SMARTS) is 1. The monoisotopic (exact) mass is 201 g/mol. The van der Waals surface area contributed by atoms with Crippen LogP contribution in [0.3, 0.4) is 0 Å². The van der Waals surface area contributed by atoms with Crippen LogP contribution >= 0.6 is 0 Å². The number of aliphatic carboxylic acids is 1. The fraction of sp³-hybridized carbons (Fsp3) is 0.700. The third-order valence-corrected chi connectivity index (χ3v) is 1.89. The van der Waals surface area contributed by atoms with E-state index in [0.717, 1.165) is 25.7 Å². The van der Waals surface area contributed by atoms with E-state index in [9.17, 15) is 4.79 Å². The lowest BCUT2D eigenvalue weighted by atomic mass is 10.0. The molecule has 0 aliphatic heterocycles. The van der Waals surface area contributed by atoms with Crippen LogP contribution in [0.25, 0.3) is 0 Å². The summed E-state index contributed by atoms with van der Waals surface area (Å²) in [7, 11) is 1.63. The van der Waals surface area contributed by atoms with E-state index in [0.29, 0.717) is 18.7 Å². The molecule has 0 radical (unpaired) electrons. The van der Waals surface area contributed by atoms with Crippen molar-refractivity contribution >= 4 is 5.97 Å². The fourth-order valence-electron chi connectivity index (χ4n) is 1.15. The lowest BCUT2D eigenvalue weighted by Crippen LogP contribution is -2.05. The fourth-order valence-corrected chi connectivity index (χ4v) is 1.15. The maximum Gasteiger partial charge on any atom is 0.331 e. The van der Waals surface area contributed by atoms with Gasteiger partial charge in [-0.05, 0) is 25.7 Å². The van der Waals surface area contributed by atoms with Crippen molar-refractivity contribution in [1.82, 2.24) is 0 Å². The van der Waals surface area contributed by atoms with E-state index in [1.807, 2.05) is 6.08 Å². The van der Waals surface area contributed by atoms with E-state index in [2.05, 4.69) is 4.74 Å². The highest BCUT2D eigenvalue weighted by Gasteiger charge is 2.08. The molecule has 0 aromatic carbocycles. The molecular formula is C10H19NO3. The molecule has 0 heterocycles. The summed E-state index contributed by atoms with van der Waals surface area (Å²) in [6.07, 6.45) is 5.72. The first-order valence-electron chi connectivity index (χ1n) is 4.83. The SMILES string of the molecule is COCCN.O=C(O)C1=CCCCC1. The van der Waals surface area contributed by atoms with Crippen LogP contribution in [0.15, 0.2) is 11.6 Å². The maximum atomic E-state index is 10.3. The molecule has 0 saturated carbocycles. The van der Waals surface area contributed by atoms with Gasteiger partial charge in [-0.25, -0.2) is 4.79 Å². The zero-order chi connectivity index (χ0) is 10.8. The Balaban J connectivity index is 0.000000292. The van der Waals surface area contributed by atoms with Crippen molar-refractivity contribution in [2.24, 2.45) is 5.73 Å². The number of ether oxygens (including phenoxy) is 1. The number of methoxy groups -OCH3 is 1. The molecule has 0 amide bonds. The van der Waals surface area contributed by atoms with Gasteiger partial charge < -0.3 is 15.6 Å². The summed E-state index contributed by atoms with van der Waals surface area (Å²) in [5.41, 5.74) is 5.61. The lowest BCUT2D eigenvalue weighted by molar-refractivity contribution is -0.132. The van der Waals surface area contributed by atoms with Gasteiger partial charge in [0.2, 0.25) is 0 Å². The second-order valence-corrected chi connectivity index (χ2v) is 3.06. The van der Waals surface area contributed by atoms with Crippen LogP contribution in [-0.4, -0.2) is 31.3 Å². The van der Waals surface area contributed by atoms with Crippen LogP contribution in [0.1, 0.15) is 25.7 Å². The average Bonchev–Trinajstić information content (AvgIpc) is 2.21. The minimum Gasteiger partial charge on any atom is -0.478 e. The Kier molecular flexibility index (Phi) is 8.17. The number of hydrogen-bond acceptors (Lipinski definition) is 3. The van der Waals surface area contributed by atoms with Crippen LogP contribution in [0.5, 0.6) is 0 Å². The molecule has 0 bridgehead atoms. The summed E-state index contributed by atoms with van der Waals surface area (Å²) < 4.78 is 4.57. The molecule has 0 atom stereocenters. The molecule has 1 aliphatic rings. The van der Waals surface area contributed by atoms with Gasteiger partial charge in [0.1, 0.15) is 0 Å². The molecule has 1 aliphatic carbocycles. The first-order chi connectivity index (χ1) is 6.72. The summed E-state index contributed by atoms with van der Waals surface area (Å²) in [6, 6.07) is 0. The number of allylic oxidation sites excluding steroid dienone is 1. The molecule has 3 N–H and O–H groups in total. The summed E-state index contributed by atoms with van der Waals surface area (Å²) in [6.45, 7) is 1.29. The molecule has 0 saturated heterocycles. The molecule has 0 spiro atoms. The predicted octanol–water partition coefficient (Wildman–Crippen LogP) is 1.16. The summed E-state index contributed by atoms with van der Waals surface area (Å²) in [5.74, 6) is -0.741. The zero-order valence-corrected chi connectivity index (χ0v) is 8.66. The van der Waals surface area contributed by atoms with E-state index < -0.39 is 5.97 Å². The predicted molar refractivity (Wildman–Crippen MR) is 55.1 cm³/mol. The molecule has 0 aromatic heterocycles. The lowest BCUT2D eigenvalue weighted by Gasteiger charge is -2.06. The van der Waals surface area contributed by atoms with Gasteiger partial charge in [0.15, 0.2) is 0 Å². The van der Waals surface area contributed by atoms with E-state index in [4.69, 9.17) is 10.8 Å². The second kappa shape index (κ2) is 8.72. The Labute approximate surface area is 84.7 Å². The first kappa shape index (κ1) is 13.1. The normalized spacial score (nSPS) is 15.1. The topological polar surface area (TPSA) is 72.5 Å². The van der Waals surface area contributed by atoms with E-state index >= 15 is 0 Å². The molecule has 4 nitrogen and oxygen atoms in total. The van der Waals surface area contributed by atoms with Crippen molar-refractivity contribution in [1.29, 1.82) is 0 Å². The number of nitrogens with two attached hydrogens (primary N) is 1. The molecular weight excluding hydrogens is 182 g/mol. The molecule has 14 heavy (non-hydrogen) atoms. The third-order valence-electron chi connectivity index (χ3n) is 1.89. The van der Waals surface area contributed by atoms with Crippen LogP contribution in [-0.2, 0) is 9.53 Å². The Hall–Kier alpha value is -0.870. The van der Waals surface area contributed by atoms with Crippen LogP contribution in [0.2, 0.25) is 0 Å². The minimum absolute atomic E-state index is 0.598. The number of rotatable bonds is 3. The van der Waals surface area contributed by atoms with Gasteiger partial charge in [0.05, 0.1) is 6.61 Å². The van der Waals surface area contributed by atoms with Gasteiger partial charge in [-0.2, -0.15) is 0 Å². The summed E-state index contributed by atoms with van der Waals surface area (Å²) in [5, 5.41) is 8.47. The van der Waals surface area contributed by atoms with Crippen molar-refractivity contribution < 1.29 is 14.6 Å². The second-order valence-electron chi connectivity index (χ2n) is 3.06. The number of carbonyl (C=O) groups is 1. The smallest absolute Gasteiger partial charge is 0.331 e. The zero-order valence-electron chi connectivity index (χ0n) is 8.66. The first-order valence-corrected chi connectivity index (χ1v) is 4.83. The number of hydrogen-bond donors (Lipinski definition) is 2. The van der Waals surface area contributed by atoms with Crippen molar-refractivity contribution in [3.63, 3.8) is 0 Å². The Bertz CT molecular complexity index is 188. The van der Waals surface area contributed by atoms with Gasteiger partial charge in [-0.15, -0.1) is 0 Å².